The fourth-order valence-electron chi connectivity index (χ4n) is 2.83. The molecule has 2 N–H and O–H groups in total. The van der Waals surface area contributed by atoms with E-state index in [4.69, 9.17) is 0 Å². The van der Waals surface area contributed by atoms with Crippen LogP contribution in [0.2, 0.25) is 0 Å². The topological polar surface area (TPSA) is 76.0 Å². The van der Waals surface area contributed by atoms with Crippen LogP contribution in [0.3, 0.4) is 0 Å². The number of nitrogens with one attached hydrogen (secondary N) is 2. The number of nitrogens with zero attached hydrogens (tertiary/aromatic N) is 2. The van der Waals surface area contributed by atoms with Gasteiger partial charge in [0.1, 0.15) is 0 Å². The molecule has 1 aliphatic rings. The zero-order valence-electron chi connectivity index (χ0n) is 15.0. The number of carbonyl (C=O) groups excluding carboxylic acids is 2. The first-order valence-corrected chi connectivity index (χ1v) is 8.93. The molecule has 0 spiro atoms. The molecule has 6 heteroatoms. The van der Waals surface area contributed by atoms with Crippen LogP contribution < -0.4 is 10.6 Å². The fraction of sp³-hybridized carbons (Fsp3) is 0.190. The highest BCUT2D eigenvalue weighted by atomic mass is 16.2. The smallest absolute Gasteiger partial charge is 0.255 e. The highest BCUT2D eigenvalue weighted by Gasteiger charge is 2.23. The molecule has 6 nitrogen and oxygen atoms in total. The van der Waals surface area contributed by atoms with E-state index in [1.54, 1.807) is 42.6 Å². The van der Waals surface area contributed by atoms with Crippen molar-refractivity contribution < 1.29 is 9.59 Å². The summed E-state index contributed by atoms with van der Waals surface area (Å²) in [5, 5.41) is 10.1. The molecule has 0 saturated heterocycles. The van der Waals surface area contributed by atoms with E-state index in [1.807, 2.05) is 29.8 Å². The maximum Gasteiger partial charge on any atom is 0.255 e. The zero-order valence-corrected chi connectivity index (χ0v) is 15.0. The van der Waals surface area contributed by atoms with Gasteiger partial charge < -0.3 is 10.6 Å². The lowest BCUT2D eigenvalue weighted by Crippen LogP contribution is -2.25. The van der Waals surface area contributed by atoms with Gasteiger partial charge >= 0.3 is 0 Å². The Bertz CT molecular complexity index is 987. The van der Waals surface area contributed by atoms with Gasteiger partial charge in [-0.05, 0) is 68.3 Å². The number of rotatable bonds is 5. The Hall–Kier alpha value is -3.41. The molecular weight excluding hydrogens is 340 g/mol. The molecule has 1 aromatic heterocycles. The van der Waals surface area contributed by atoms with Crippen LogP contribution in [0.1, 0.15) is 39.3 Å². The number of aromatic nitrogens is 2. The predicted molar refractivity (Wildman–Crippen MR) is 103 cm³/mol. The fourth-order valence-corrected chi connectivity index (χ4v) is 2.83. The summed E-state index contributed by atoms with van der Waals surface area (Å²) >= 11 is 0. The van der Waals surface area contributed by atoms with Crippen LogP contribution in [0, 0.1) is 6.92 Å². The van der Waals surface area contributed by atoms with Crippen LogP contribution in [-0.4, -0.2) is 27.6 Å². The predicted octanol–water partition coefficient (Wildman–Crippen LogP) is 3.33. The standard InChI is InChI=1S/C21H20N4O2/c1-14-11-12-22-25(14)19-9-5-15(6-10-19)20(26)24-18-4-2-3-16(13-18)21(27)23-17-7-8-17/h2-6,9-13,17H,7-8H2,1H3,(H,23,27)(H,24,26). The normalized spacial score (nSPS) is 13.2. The molecule has 1 heterocycles. The first-order valence-electron chi connectivity index (χ1n) is 8.93. The Morgan fingerprint density at radius 3 is 2.44 bits per heavy atom. The van der Waals surface area contributed by atoms with Crippen LogP contribution in [0.5, 0.6) is 0 Å². The average molecular weight is 360 g/mol. The van der Waals surface area contributed by atoms with Crippen LogP contribution in [0.4, 0.5) is 5.69 Å². The van der Waals surface area contributed by atoms with E-state index in [0.717, 1.165) is 24.2 Å². The number of amides is 2. The minimum absolute atomic E-state index is 0.104. The van der Waals surface area contributed by atoms with Crippen molar-refractivity contribution in [3.63, 3.8) is 0 Å². The lowest BCUT2D eigenvalue weighted by atomic mass is 10.1. The average Bonchev–Trinajstić information content (AvgIpc) is 3.39. The van der Waals surface area contributed by atoms with E-state index in [0.29, 0.717) is 22.9 Å². The second-order valence-corrected chi connectivity index (χ2v) is 6.71. The first kappa shape index (κ1) is 17.0. The number of hydrogen-bond acceptors (Lipinski definition) is 3. The van der Waals surface area contributed by atoms with E-state index in [2.05, 4.69) is 15.7 Å². The minimum Gasteiger partial charge on any atom is -0.349 e. The van der Waals surface area contributed by atoms with Crippen molar-refractivity contribution in [2.24, 2.45) is 0 Å². The molecule has 0 aliphatic heterocycles. The van der Waals surface area contributed by atoms with Crippen molar-refractivity contribution in [3.05, 3.63) is 77.6 Å². The van der Waals surface area contributed by atoms with Crippen molar-refractivity contribution in [1.82, 2.24) is 15.1 Å². The summed E-state index contributed by atoms with van der Waals surface area (Å²) < 4.78 is 1.81. The van der Waals surface area contributed by atoms with Gasteiger partial charge in [0.15, 0.2) is 0 Å². The molecule has 2 amide bonds. The Morgan fingerprint density at radius 1 is 1.00 bits per heavy atom. The number of carbonyl (C=O) groups is 2. The Labute approximate surface area is 157 Å². The van der Waals surface area contributed by atoms with Crippen LogP contribution in [-0.2, 0) is 0 Å². The van der Waals surface area contributed by atoms with Gasteiger partial charge in [-0.3, -0.25) is 9.59 Å². The SMILES string of the molecule is Cc1ccnn1-c1ccc(C(=O)Nc2cccc(C(=O)NC3CC3)c2)cc1. The van der Waals surface area contributed by atoms with Crippen molar-refractivity contribution in [2.75, 3.05) is 5.32 Å². The molecule has 136 valence electrons. The maximum absolute atomic E-state index is 12.5. The summed E-state index contributed by atoms with van der Waals surface area (Å²) in [5.74, 6) is -0.328. The van der Waals surface area contributed by atoms with Gasteiger partial charge in [0.05, 0.1) is 5.69 Å². The van der Waals surface area contributed by atoms with E-state index >= 15 is 0 Å². The number of benzene rings is 2. The van der Waals surface area contributed by atoms with Gasteiger partial charge in [0, 0.05) is 34.7 Å². The van der Waals surface area contributed by atoms with Crippen molar-refractivity contribution >= 4 is 17.5 Å². The van der Waals surface area contributed by atoms with E-state index in [9.17, 15) is 9.59 Å². The Balaban J connectivity index is 1.45. The minimum atomic E-state index is -0.224. The van der Waals surface area contributed by atoms with Gasteiger partial charge in [0.2, 0.25) is 0 Å². The van der Waals surface area contributed by atoms with Crippen LogP contribution in [0.15, 0.2) is 60.8 Å². The molecule has 3 aromatic rings. The molecular formula is C21H20N4O2. The number of hydrogen-bond donors (Lipinski definition) is 2. The monoisotopic (exact) mass is 360 g/mol. The maximum atomic E-state index is 12.5. The number of anilines is 1. The molecule has 0 bridgehead atoms. The molecule has 4 rings (SSSR count). The molecule has 0 unspecified atom stereocenters. The molecule has 1 aliphatic carbocycles. The van der Waals surface area contributed by atoms with Crippen LogP contribution in [0.25, 0.3) is 5.69 Å². The summed E-state index contributed by atoms with van der Waals surface area (Å²) in [6.07, 6.45) is 3.81. The van der Waals surface area contributed by atoms with Crippen molar-refractivity contribution in [3.8, 4) is 5.69 Å². The van der Waals surface area contributed by atoms with E-state index < -0.39 is 0 Å². The van der Waals surface area contributed by atoms with Crippen molar-refractivity contribution in [2.45, 2.75) is 25.8 Å². The second kappa shape index (κ2) is 7.07. The quantitative estimate of drug-likeness (QED) is 0.733. The van der Waals surface area contributed by atoms with Gasteiger partial charge in [-0.1, -0.05) is 6.07 Å². The van der Waals surface area contributed by atoms with Crippen LogP contribution >= 0.6 is 0 Å². The highest BCUT2D eigenvalue weighted by molar-refractivity contribution is 6.05. The zero-order chi connectivity index (χ0) is 18.8. The summed E-state index contributed by atoms with van der Waals surface area (Å²) in [6.45, 7) is 1.97. The molecule has 0 radical (unpaired) electrons. The van der Waals surface area contributed by atoms with Gasteiger partial charge in [-0.25, -0.2) is 4.68 Å². The molecule has 1 saturated carbocycles. The van der Waals surface area contributed by atoms with Gasteiger partial charge in [0.25, 0.3) is 11.8 Å². The molecule has 1 fully saturated rings. The third-order valence-corrected chi connectivity index (χ3v) is 4.50. The lowest BCUT2D eigenvalue weighted by molar-refractivity contribution is 0.0949. The Morgan fingerprint density at radius 2 is 1.78 bits per heavy atom. The largest absolute Gasteiger partial charge is 0.349 e. The third-order valence-electron chi connectivity index (χ3n) is 4.50. The molecule has 0 atom stereocenters. The lowest BCUT2D eigenvalue weighted by Gasteiger charge is -2.09. The van der Waals surface area contributed by atoms with E-state index in [-0.39, 0.29) is 11.8 Å². The van der Waals surface area contributed by atoms with E-state index in [1.165, 1.54) is 0 Å². The highest BCUT2D eigenvalue weighted by Crippen LogP contribution is 2.20. The van der Waals surface area contributed by atoms with Gasteiger partial charge in [-0.2, -0.15) is 5.10 Å². The Kier molecular flexibility index (Phi) is 4.46. The third kappa shape index (κ3) is 3.89. The second-order valence-electron chi connectivity index (χ2n) is 6.71. The first-order chi connectivity index (χ1) is 13.1. The molecule has 27 heavy (non-hydrogen) atoms. The summed E-state index contributed by atoms with van der Waals surface area (Å²) in [7, 11) is 0. The molecule has 2 aromatic carbocycles. The number of aryl methyl sites for hydroxylation is 1. The summed E-state index contributed by atoms with van der Waals surface area (Å²) in [4.78, 5) is 24.7. The summed E-state index contributed by atoms with van der Waals surface area (Å²) in [5.41, 5.74) is 3.59. The van der Waals surface area contributed by atoms with Gasteiger partial charge in [-0.15, -0.1) is 0 Å². The summed E-state index contributed by atoms with van der Waals surface area (Å²) in [6, 6.07) is 16.4. The van der Waals surface area contributed by atoms with Crippen molar-refractivity contribution in [1.29, 1.82) is 0 Å².